The molecule has 0 saturated carbocycles. The Morgan fingerprint density at radius 1 is 1.35 bits per heavy atom. The molecular weight excluding hydrogens is 235 g/mol. The molecule has 0 radical (unpaired) electrons. The maximum Gasteiger partial charge on any atom is 0.544 e. The Hall–Kier alpha value is -1.65. The van der Waals surface area contributed by atoms with Crippen molar-refractivity contribution in [1.29, 1.82) is 0 Å². The average molecular weight is 246 g/mol. The number of carboxylic acid groups (broad SMARTS) is 2. The van der Waals surface area contributed by atoms with Crippen molar-refractivity contribution in [3.8, 4) is 0 Å². The van der Waals surface area contributed by atoms with Gasteiger partial charge in [-0.2, -0.15) is 0 Å². The largest absolute Gasteiger partial charge is 0.544 e. The third-order valence-electron chi connectivity index (χ3n) is 2.13. The second kappa shape index (κ2) is 5.12. The Morgan fingerprint density at radius 2 is 1.88 bits per heavy atom. The van der Waals surface area contributed by atoms with E-state index in [9.17, 15) is 14.4 Å². The second-order valence-corrected chi connectivity index (χ2v) is 3.50. The molecule has 0 aliphatic carbocycles. The predicted octanol–water partition coefficient (Wildman–Crippen LogP) is -2.26. The van der Waals surface area contributed by atoms with Gasteiger partial charge in [0.15, 0.2) is 5.60 Å². The highest BCUT2D eigenvalue weighted by atomic mass is 16.7. The van der Waals surface area contributed by atoms with Gasteiger partial charge in [-0.05, 0) is 0 Å². The SMILES string of the molecule is NNCB1OC(=O)C(CC(=O)O)(CC(=O)O)O1. The first-order chi connectivity index (χ1) is 7.89. The molecule has 1 saturated heterocycles. The van der Waals surface area contributed by atoms with Gasteiger partial charge >= 0.3 is 25.0 Å². The first-order valence-corrected chi connectivity index (χ1v) is 4.65. The van der Waals surface area contributed by atoms with Crippen LogP contribution in [-0.4, -0.2) is 47.3 Å². The van der Waals surface area contributed by atoms with Gasteiger partial charge < -0.3 is 19.5 Å². The highest BCUT2D eigenvalue weighted by molar-refractivity contribution is 6.49. The molecule has 1 heterocycles. The number of hydrazine groups is 1. The minimum atomic E-state index is -1.99. The van der Waals surface area contributed by atoms with Crippen molar-refractivity contribution in [2.75, 3.05) is 6.44 Å². The molecule has 94 valence electrons. The fourth-order valence-corrected chi connectivity index (χ4v) is 1.51. The molecule has 0 amide bonds. The van der Waals surface area contributed by atoms with E-state index in [-0.39, 0.29) is 6.44 Å². The lowest BCUT2D eigenvalue weighted by molar-refractivity contribution is -0.157. The lowest BCUT2D eigenvalue weighted by Crippen LogP contribution is -2.43. The number of carbonyl (C=O) groups excluding carboxylic acids is 1. The Labute approximate surface area is 96.0 Å². The van der Waals surface area contributed by atoms with Crippen LogP contribution in [0, 0.1) is 0 Å². The molecule has 1 aliphatic heterocycles. The van der Waals surface area contributed by atoms with E-state index < -0.39 is 43.5 Å². The van der Waals surface area contributed by atoms with Crippen LogP contribution in [-0.2, 0) is 23.7 Å². The van der Waals surface area contributed by atoms with Crippen LogP contribution in [0.1, 0.15) is 12.8 Å². The summed E-state index contributed by atoms with van der Waals surface area (Å²) in [6, 6.07) is 0. The molecule has 0 aromatic rings. The molecule has 1 rings (SSSR count). The molecule has 9 nitrogen and oxygen atoms in total. The number of nitrogens with one attached hydrogen (secondary N) is 1. The molecular formula is C7H11BN2O7. The first-order valence-electron chi connectivity index (χ1n) is 4.65. The second-order valence-electron chi connectivity index (χ2n) is 3.50. The van der Waals surface area contributed by atoms with Crippen LogP contribution in [0.3, 0.4) is 0 Å². The van der Waals surface area contributed by atoms with E-state index in [0.29, 0.717) is 0 Å². The molecule has 1 aliphatic rings. The van der Waals surface area contributed by atoms with Crippen molar-refractivity contribution in [3.05, 3.63) is 0 Å². The minimum absolute atomic E-state index is 0.0628. The summed E-state index contributed by atoms with van der Waals surface area (Å²) < 4.78 is 9.74. The topological polar surface area (TPSA) is 148 Å². The maximum atomic E-state index is 11.5. The highest BCUT2D eigenvalue weighted by Gasteiger charge is 2.55. The van der Waals surface area contributed by atoms with E-state index in [2.05, 4.69) is 10.1 Å². The Balaban J connectivity index is 2.86. The lowest BCUT2D eigenvalue weighted by Gasteiger charge is -2.20. The number of hydrogen-bond acceptors (Lipinski definition) is 7. The third kappa shape index (κ3) is 3.15. The van der Waals surface area contributed by atoms with Gasteiger partial charge in [0.2, 0.25) is 0 Å². The van der Waals surface area contributed by atoms with Crippen LogP contribution >= 0.6 is 0 Å². The molecule has 0 unspecified atom stereocenters. The number of carboxylic acids is 2. The van der Waals surface area contributed by atoms with Crippen molar-refractivity contribution in [2.24, 2.45) is 5.84 Å². The zero-order valence-electron chi connectivity index (χ0n) is 8.71. The van der Waals surface area contributed by atoms with Gasteiger partial charge in [-0.3, -0.25) is 25.7 Å². The summed E-state index contributed by atoms with van der Waals surface area (Å²) in [5.41, 5.74) is 0.191. The normalized spacial score (nSPS) is 17.9. The summed E-state index contributed by atoms with van der Waals surface area (Å²) in [5.74, 6) is 1.27. The van der Waals surface area contributed by atoms with Crippen LogP contribution < -0.4 is 11.3 Å². The molecule has 5 N–H and O–H groups in total. The number of nitrogens with two attached hydrogens (primary N) is 1. The quantitative estimate of drug-likeness (QED) is 0.231. The van der Waals surface area contributed by atoms with Gasteiger partial charge in [-0.15, -0.1) is 0 Å². The van der Waals surface area contributed by atoms with Crippen molar-refractivity contribution < 1.29 is 33.9 Å². The molecule has 10 heteroatoms. The molecule has 0 atom stereocenters. The fourth-order valence-electron chi connectivity index (χ4n) is 1.51. The molecule has 0 aromatic heterocycles. The Bertz CT molecular complexity index is 331. The van der Waals surface area contributed by atoms with E-state index in [1.54, 1.807) is 0 Å². The lowest BCUT2D eigenvalue weighted by atomic mass is 9.89. The van der Waals surface area contributed by atoms with Gasteiger partial charge in [0.05, 0.1) is 19.3 Å². The van der Waals surface area contributed by atoms with E-state index in [4.69, 9.17) is 20.7 Å². The molecule has 0 bridgehead atoms. The fraction of sp³-hybridized carbons (Fsp3) is 0.571. The number of rotatable bonds is 6. The summed E-state index contributed by atoms with van der Waals surface area (Å²) in [6.07, 6.45) is -1.62. The number of aliphatic carboxylic acids is 2. The van der Waals surface area contributed by atoms with Crippen molar-refractivity contribution in [3.63, 3.8) is 0 Å². The number of carbonyl (C=O) groups is 3. The average Bonchev–Trinajstić information content (AvgIpc) is 2.41. The molecule has 0 aromatic carbocycles. The van der Waals surface area contributed by atoms with E-state index in [1.165, 1.54) is 0 Å². The van der Waals surface area contributed by atoms with Crippen molar-refractivity contribution >= 4 is 25.0 Å². The first kappa shape index (κ1) is 13.4. The van der Waals surface area contributed by atoms with Gasteiger partial charge in [0.25, 0.3) is 0 Å². The zero-order valence-corrected chi connectivity index (χ0v) is 8.71. The van der Waals surface area contributed by atoms with Crippen LogP contribution in [0.4, 0.5) is 0 Å². The molecule has 17 heavy (non-hydrogen) atoms. The molecule has 1 fully saturated rings. The van der Waals surface area contributed by atoms with Crippen molar-refractivity contribution in [2.45, 2.75) is 18.4 Å². The van der Waals surface area contributed by atoms with Gasteiger partial charge in [0.1, 0.15) is 0 Å². The summed E-state index contributed by atoms with van der Waals surface area (Å²) in [4.78, 5) is 32.8. The Morgan fingerprint density at radius 3 is 2.29 bits per heavy atom. The standard InChI is InChI=1S/C7H11BN2O7/c9-10-3-8-16-6(15)7(17-8,1-4(11)12)2-5(13)14/h10H,1-3,9H2,(H,11,12)(H,13,14). The molecule has 0 spiro atoms. The summed E-state index contributed by atoms with van der Waals surface area (Å²) in [6.45, 7) is 0. The predicted molar refractivity (Wildman–Crippen MR) is 52.4 cm³/mol. The summed E-state index contributed by atoms with van der Waals surface area (Å²) >= 11 is 0. The van der Waals surface area contributed by atoms with Crippen molar-refractivity contribution in [1.82, 2.24) is 5.43 Å². The van der Waals surface area contributed by atoms with E-state index in [0.717, 1.165) is 0 Å². The summed E-state index contributed by atoms with van der Waals surface area (Å²) in [5, 5.41) is 17.3. The van der Waals surface area contributed by atoms with E-state index in [1.807, 2.05) is 0 Å². The number of hydrogen-bond donors (Lipinski definition) is 4. The monoisotopic (exact) mass is 246 g/mol. The van der Waals surface area contributed by atoms with Gasteiger partial charge in [-0.25, -0.2) is 0 Å². The van der Waals surface area contributed by atoms with E-state index >= 15 is 0 Å². The minimum Gasteiger partial charge on any atom is -0.507 e. The van der Waals surface area contributed by atoms with Crippen LogP contribution in [0.5, 0.6) is 0 Å². The zero-order chi connectivity index (χ0) is 13.1. The van der Waals surface area contributed by atoms with Gasteiger partial charge in [-0.1, -0.05) is 0 Å². The van der Waals surface area contributed by atoms with Crippen LogP contribution in [0.2, 0.25) is 0 Å². The summed E-state index contributed by atoms with van der Waals surface area (Å²) in [7, 11) is -1.09. The third-order valence-corrected chi connectivity index (χ3v) is 2.13. The maximum absolute atomic E-state index is 11.5. The Kier molecular flexibility index (Phi) is 4.04. The van der Waals surface area contributed by atoms with Crippen LogP contribution in [0.15, 0.2) is 0 Å². The highest BCUT2D eigenvalue weighted by Crippen LogP contribution is 2.30. The smallest absolute Gasteiger partial charge is 0.507 e. The van der Waals surface area contributed by atoms with Gasteiger partial charge in [0, 0.05) is 0 Å². The van der Waals surface area contributed by atoms with Crippen LogP contribution in [0.25, 0.3) is 0 Å².